The van der Waals surface area contributed by atoms with Crippen LogP contribution in [0.5, 0.6) is 0 Å². The minimum atomic E-state index is 0. The molecule has 1 aliphatic heterocycles. The lowest BCUT2D eigenvalue weighted by molar-refractivity contribution is 0.256. The molecule has 0 amide bonds. The van der Waals surface area contributed by atoms with Crippen LogP contribution < -0.4 is 5.73 Å². The first kappa shape index (κ1) is 16.1. The van der Waals surface area contributed by atoms with Gasteiger partial charge in [-0.25, -0.2) is 0 Å². The van der Waals surface area contributed by atoms with Gasteiger partial charge in [-0.05, 0) is 37.9 Å². The second kappa shape index (κ2) is 6.97. The molecular weight excluding hydrogens is 291 g/mol. The number of rotatable bonds is 3. The molecule has 0 saturated carbocycles. The van der Waals surface area contributed by atoms with Crippen molar-refractivity contribution in [3.63, 3.8) is 0 Å². The minimum absolute atomic E-state index is 0. The molecule has 2 unspecified atom stereocenters. The highest BCUT2D eigenvalue weighted by Gasteiger charge is 2.28. The molecule has 1 aromatic carbocycles. The summed E-state index contributed by atoms with van der Waals surface area (Å²) in [4.78, 5) is 2.41. The Morgan fingerprint density at radius 1 is 1.33 bits per heavy atom. The third-order valence-electron chi connectivity index (χ3n) is 3.55. The molecule has 0 spiro atoms. The standard InChI is InChI=1S/C13H18Cl2N2.ClH/c1-9-5-10(6-16)7-17(9)8-11-12(14)3-2-4-13(11)15;/h2-4,9-10H,5-8,16H2,1H3;1H. The molecule has 0 aromatic heterocycles. The smallest absolute Gasteiger partial charge is 0.0465 e. The molecule has 1 fully saturated rings. The summed E-state index contributed by atoms with van der Waals surface area (Å²) in [6.07, 6.45) is 1.17. The topological polar surface area (TPSA) is 29.3 Å². The maximum absolute atomic E-state index is 6.19. The van der Waals surface area contributed by atoms with Crippen molar-refractivity contribution < 1.29 is 0 Å². The summed E-state index contributed by atoms with van der Waals surface area (Å²) in [6, 6.07) is 6.22. The lowest BCUT2D eigenvalue weighted by Gasteiger charge is -2.22. The van der Waals surface area contributed by atoms with Crippen molar-refractivity contribution in [2.45, 2.75) is 25.9 Å². The van der Waals surface area contributed by atoms with Crippen molar-refractivity contribution in [2.24, 2.45) is 11.7 Å². The molecule has 2 nitrogen and oxygen atoms in total. The van der Waals surface area contributed by atoms with Crippen LogP contribution in [0, 0.1) is 5.92 Å². The van der Waals surface area contributed by atoms with Gasteiger partial charge in [-0.1, -0.05) is 29.3 Å². The van der Waals surface area contributed by atoms with Crippen molar-refractivity contribution in [1.29, 1.82) is 0 Å². The van der Waals surface area contributed by atoms with E-state index in [2.05, 4.69) is 11.8 Å². The molecule has 102 valence electrons. The Bertz CT molecular complexity index is 378. The zero-order valence-electron chi connectivity index (χ0n) is 10.4. The van der Waals surface area contributed by atoms with Crippen molar-refractivity contribution in [2.75, 3.05) is 13.1 Å². The van der Waals surface area contributed by atoms with Crippen LogP contribution in [0.4, 0.5) is 0 Å². The number of likely N-dealkylation sites (tertiary alicyclic amines) is 1. The van der Waals surface area contributed by atoms with Gasteiger partial charge in [-0.15, -0.1) is 12.4 Å². The Morgan fingerprint density at radius 2 is 1.94 bits per heavy atom. The van der Waals surface area contributed by atoms with E-state index < -0.39 is 0 Å². The fraction of sp³-hybridized carbons (Fsp3) is 0.538. The van der Waals surface area contributed by atoms with E-state index in [0.717, 1.165) is 35.2 Å². The lowest BCUT2D eigenvalue weighted by atomic mass is 10.1. The fourth-order valence-corrected chi connectivity index (χ4v) is 3.01. The highest BCUT2D eigenvalue weighted by Crippen LogP contribution is 2.30. The Labute approximate surface area is 125 Å². The number of nitrogens with two attached hydrogens (primary N) is 1. The van der Waals surface area contributed by atoms with Gasteiger partial charge in [-0.3, -0.25) is 4.90 Å². The highest BCUT2D eigenvalue weighted by molar-refractivity contribution is 6.35. The van der Waals surface area contributed by atoms with Crippen LogP contribution in [0.3, 0.4) is 0 Å². The van der Waals surface area contributed by atoms with Gasteiger partial charge in [0.25, 0.3) is 0 Å². The van der Waals surface area contributed by atoms with Crippen LogP contribution in [-0.4, -0.2) is 24.0 Å². The van der Waals surface area contributed by atoms with Gasteiger partial charge in [0.2, 0.25) is 0 Å². The van der Waals surface area contributed by atoms with E-state index in [4.69, 9.17) is 28.9 Å². The van der Waals surface area contributed by atoms with Gasteiger partial charge in [0, 0.05) is 34.7 Å². The highest BCUT2D eigenvalue weighted by atomic mass is 35.5. The first-order valence-electron chi connectivity index (χ1n) is 5.98. The summed E-state index contributed by atoms with van der Waals surface area (Å²) in [5.74, 6) is 0.603. The van der Waals surface area contributed by atoms with Crippen molar-refractivity contribution in [3.8, 4) is 0 Å². The number of hydrogen-bond donors (Lipinski definition) is 1. The van der Waals surface area contributed by atoms with Crippen molar-refractivity contribution in [1.82, 2.24) is 4.90 Å². The maximum Gasteiger partial charge on any atom is 0.0465 e. The van der Waals surface area contributed by atoms with E-state index in [1.54, 1.807) is 0 Å². The van der Waals surface area contributed by atoms with E-state index >= 15 is 0 Å². The van der Waals surface area contributed by atoms with Gasteiger partial charge >= 0.3 is 0 Å². The molecule has 1 aliphatic rings. The van der Waals surface area contributed by atoms with E-state index in [1.807, 2.05) is 18.2 Å². The minimum Gasteiger partial charge on any atom is -0.330 e. The van der Waals surface area contributed by atoms with E-state index in [0.29, 0.717) is 12.0 Å². The second-order valence-corrected chi connectivity index (χ2v) is 5.63. The van der Waals surface area contributed by atoms with E-state index in [-0.39, 0.29) is 12.4 Å². The third-order valence-corrected chi connectivity index (χ3v) is 4.25. The zero-order chi connectivity index (χ0) is 12.4. The fourth-order valence-electron chi connectivity index (χ4n) is 2.50. The quantitative estimate of drug-likeness (QED) is 0.924. The number of halogens is 3. The molecule has 1 saturated heterocycles. The molecule has 0 radical (unpaired) electrons. The Kier molecular flexibility index (Phi) is 6.22. The molecular formula is C13H19Cl3N2. The predicted octanol–water partition coefficient (Wildman–Crippen LogP) is 3.58. The monoisotopic (exact) mass is 308 g/mol. The van der Waals surface area contributed by atoms with Crippen molar-refractivity contribution >= 4 is 35.6 Å². The van der Waals surface area contributed by atoms with Gasteiger partial charge in [0.1, 0.15) is 0 Å². The van der Waals surface area contributed by atoms with Gasteiger partial charge in [0.05, 0.1) is 0 Å². The molecule has 5 heteroatoms. The van der Waals surface area contributed by atoms with Crippen LogP contribution >= 0.6 is 35.6 Å². The first-order valence-corrected chi connectivity index (χ1v) is 6.74. The Morgan fingerprint density at radius 3 is 2.44 bits per heavy atom. The SMILES string of the molecule is CC1CC(CN)CN1Cc1c(Cl)cccc1Cl.Cl. The Hall–Kier alpha value is 0.01000. The largest absolute Gasteiger partial charge is 0.330 e. The van der Waals surface area contributed by atoms with Crippen molar-refractivity contribution in [3.05, 3.63) is 33.8 Å². The summed E-state index contributed by atoms with van der Waals surface area (Å²) in [6.45, 7) is 4.85. The molecule has 0 bridgehead atoms. The normalized spacial score (nSPS) is 24.0. The van der Waals surface area contributed by atoms with Crippen LogP contribution in [0.25, 0.3) is 0 Å². The number of nitrogens with zero attached hydrogens (tertiary/aromatic N) is 1. The van der Waals surface area contributed by atoms with Crippen LogP contribution in [0.15, 0.2) is 18.2 Å². The summed E-state index contributed by atoms with van der Waals surface area (Å²) in [7, 11) is 0. The number of hydrogen-bond acceptors (Lipinski definition) is 2. The van der Waals surface area contributed by atoms with Gasteiger partial charge in [-0.2, -0.15) is 0 Å². The predicted molar refractivity (Wildman–Crippen MR) is 80.7 cm³/mol. The molecule has 1 heterocycles. The second-order valence-electron chi connectivity index (χ2n) is 4.82. The number of benzene rings is 1. The average Bonchev–Trinajstić information content (AvgIpc) is 2.65. The summed E-state index contributed by atoms with van der Waals surface area (Å²) in [5.41, 5.74) is 6.76. The van der Waals surface area contributed by atoms with Gasteiger partial charge < -0.3 is 5.73 Å². The summed E-state index contributed by atoms with van der Waals surface area (Å²) >= 11 is 12.4. The van der Waals surface area contributed by atoms with Crippen LogP contribution in [-0.2, 0) is 6.54 Å². The zero-order valence-corrected chi connectivity index (χ0v) is 12.7. The molecule has 2 atom stereocenters. The average molecular weight is 310 g/mol. The first-order chi connectivity index (χ1) is 8.11. The summed E-state index contributed by atoms with van der Waals surface area (Å²) in [5, 5.41) is 1.50. The summed E-state index contributed by atoms with van der Waals surface area (Å²) < 4.78 is 0. The maximum atomic E-state index is 6.19. The van der Waals surface area contributed by atoms with Gasteiger partial charge in [0.15, 0.2) is 0 Å². The molecule has 0 aliphatic carbocycles. The molecule has 2 N–H and O–H groups in total. The third kappa shape index (κ3) is 3.52. The van der Waals surface area contributed by atoms with Crippen LogP contribution in [0.1, 0.15) is 18.9 Å². The Balaban J connectivity index is 0.00000162. The molecule has 18 heavy (non-hydrogen) atoms. The van der Waals surface area contributed by atoms with Crippen LogP contribution in [0.2, 0.25) is 10.0 Å². The molecule has 1 aromatic rings. The van der Waals surface area contributed by atoms with E-state index in [1.165, 1.54) is 6.42 Å². The molecule has 2 rings (SSSR count). The van der Waals surface area contributed by atoms with E-state index in [9.17, 15) is 0 Å². The lowest BCUT2D eigenvalue weighted by Crippen LogP contribution is -2.27.